The van der Waals surface area contributed by atoms with E-state index in [1.807, 2.05) is 0 Å². The Bertz CT molecular complexity index is 840. The van der Waals surface area contributed by atoms with E-state index in [1.165, 1.54) is 4.90 Å². The van der Waals surface area contributed by atoms with Crippen molar-refractivity contribution in [1.29, 1.82) is 5.41 Å². The molecule has 3 amide bonds. The van der Waals surface area contributed by atoms with Gasteiger partial charge in [0, 0.05) is 13.1 Å². The van der Waals surface area contributed by atoms with Crippen molar-refractivity contribution in [1.82, 2.24) is 20.9 Å². The van der Waals surface area contributed by atoms with Crippen molar-refractivity contribution in [2.45, 2.75) is 63.8 Å². The van der Waals surface area contributed by atoms with Crippen LogP contribution in [0.5, 0.6) is 0 Å². The summed E-state index contributed by atoms with van der Waals surface area (Å²) in [5.41, 5.74) is 5.17. The van der Waals surface area contributed by atoms with Crippen LogP contribution in [0.1, 0.15) is 39.5 Å². The SMILES string of the molecule is CC(C)C(NC(=O)O)C(=O)N1CCC[C@H]1C(=O)NC(CCCNC(=N)N)C(=O)CF.O=C(O)C(F)(F)F. The lowest BCUT2D eigenvalue weighted by Crippen LogP contribution is -2.56. The van der Waals surface area contributed by atoms with Gasteiger partial charge in [0.05, 0.1) is 6.04 Å². The Kier molecular flexibility index (Phi) is 13.9. The molecule has 0 bridgehead atoms. The Morgan fingerprint density at radius 1 is 1.14 bits per heavy atom. The van der Waals surface area contributed by atoms with E-state index < -0.39 is 60.6 Å². The molecule has 8 N–H and O–H groups in total. The zero-order valence-electron chi connectivity index (χ0n) is 20.2. The molecule has 0 spiro atoms. The molecule has 212 valence electrons. The van der Waals surface area contributed by atoms with E-state index in [0.29, 0.717) is 19.3 Å². The van der Waals surface area contributed by atoms with E-state index in [9.17, 15) is 36.7 Å². The van der Waals surface area contributed by atoms with Crippen molar-refractivity contribution < 1.29 is 51.7 Å². The Balaban J connectivity index is 0.00000161. The summed E-state index contributed by atoms with van der Waals surface area (Å²) in [7, 11) is 0. The maximum atomic E-state index is 12.9. The van der Waals surface area contributed by atoms with E-state index in [-0.39, 0.29) is 31.4 Å². The normalized spacial score (nSPS) is 16.6. The van der Waals surface area contributed by atoms with E-state index >= 15 is 0 Å². The van der Waals surface area contributed by atoms with Crippen molar-refractivity contribution in [3.8, 4) is 0 Å². The lowest BCUT2D eigenvalue weighted by atomic mass is 10.0. The topological polar surface area (TPSA) is 215 Å². The summed E-state index contributed by atoms with van der Waals surface area (Å²) < 4.78 is 44.7. The van der Waals surface area contributed by atoms with Gasteiger partial charge in [-0.15, -0.1) is 0 Å². The van der Waals surface area contributed by atoms with Gasteiger partial charge in [-0.3, -0.25) is 19.8 Å². The summed E-state index contributed by atoms with van der Waals surface area (Å²) in [4.78, 5) is 58.7. The minimum Gasteiger partial charge on any atom is -0.475 e. The van der Waals surface area contributed by atoms with Gasteiger partial charge in [-0.05, 0) is 31.6 Å². The highest BCUT2D eigenvalue weighted by Crippen LogP contribution is 2.21. The smallest absolute Gasteiger partial charge is 0.475 e. The summed E-state index contributed by atoms with van der Waals surface area (Å²) in [6.45, 7) is 2.71. The number of ketones is 1. The fourth-order valence-electron chi connectivity index (χ4n) is 3.33. The van der Waals surface area contributed by atoms with Crippen LogP contribution < -0.4 is 21.7 Å². The molecule has 1 aliphatic heterocycles. The van der Waals surface area contributed by atoms with Crippen LogP contribution in [0, 0.1) is 11.3 Å². The largest absolute Gasteiger partial charge is 0.490 e. The molecule has 0 saturated carbocycles. The highest BCUT2D eigenvalue weighted by Gasteiger charge is 2.40. The van der Waals surface area contributed by atoms with Gasteiger partial charge in [-0.1, -0.05) is 13.8 Å². The first-order valence-electron chi connectivity index (χ1n) is 11.1. The third kappa shape index (κ3) is 12.2. The van der Waals surface area contributed by atoms with Gasteiger partial charge in [0.2, 0.25) is 11.8 Å². The Labute approximate surface area is 209 Å². The zero-order valence-corrected chi connectivity index (χ0v) is 20.2. The molecular weight excluding hydrogens is 512 g/mol. The standard InChI is InChI=1S/C18H31FN6O5.C2HF3O2/c1-10(2)14(24-18(29)30)16(28)25-8-4-6-12(25)15(27)23-11(13(26)9-19)5-3-7-22-17(20)21;3-2(4,5)1(6)7/h10-12,14,24H,3-9H2,1-2H3,(H,23,27)(H,29,30)(H4,20,21,22);(H,6,7)/t11?,12-,14?;/m0./s1. The van der Waals surface area contributed by atoms with Gasteiger partial charge in [-0.25, -0.2) is 14.0 Å². The van der Waals surface area contributed by atoms with Crippen molar-refractivity contribution in [2.75, 3.05) is 19.8 Å². The second kappa shape index (κ2) is 15.5. The minimum absolute atomic E-state index is 0.143. The molecule has 3 atom stereocenters. The molecule has 0 radical (unpaired) electrons. The molecule has 1 aliphatic rings. The van der Waals surface area contributed by atoms with Crippen molar-refractivity contribution >= 4 is 35.6 Å². The number of carboxylic acid groups (broad SMARTS) is 2. The number of nitrogens with one attached hydrogen (secondary N) is 4. The Hall–Kier alpha value is -3.66. The van der Waals surface area contributed by atoms with E-state index in [4.69, 9.17) is 26.2 Å². The number of aliphatic carboxylic acids is 1. The highest BCUT2D eigenvalue weighted by molar-refractivity contribution is 5.95. The van der Waals surface area contributed by atoms with Crippen molar-refractivity contribution in [2.24, 2.45) is 11.7 Å². The first-order valence-corrected chi connectivity index (χ1v) is 11.1. The number of alkyl halides is 4. The maximum absolute atomic E-state index is 12.9. The Morgan fingerprint density at radius 3 is 2.14 bits per heavy atom. The number of hydrogen-bond acceptors (Lipinski definition) is 6. The van der Waals surface area contributed by atoms with E-state index in [0.717, 1.165) is 0 Å². The fraction of sp³-hybridized carbons (Fsp3) is 0.700. The number of rotatable bonds is 11. The van der Waals surface area contributed by atoms with Crippen LogP contribution in [0.25, 0.3) is 0 Å². The summed E-state index contributed by atoms with van der Waals surface area (Å²) in [6.07, 6.45) is -5.01. The third-order valence-corrected chi connectivity index (χ3v) is 5.11. The second-order valence-electron chi connectivity index (χ2n) is 8.31. The maximum Gasteiger partial charge on any atom is 0.490 e. The first-order chi connectivity index (χ1) is 17.0. The van der Waals surface area contributed by atoms with E-state index in [1.54, 1.807) is 13.8 Å². The molecule has 0 aromatic rings. The summed E-state index contributed by atoms with van der Waals surface area (Å²) in [6, 6.07) is -2.93. The van der Waals surface area contributed by atoms with Crippen LogP contribution in [0.2, 0.25) is 0 Å². The number of likely N-dealkylation sites (tertiary alicyclic amines) is 1. The number of carbonyl (C=O) groups is 5. The molecule has 1 saturated heterocycles. The quantitative estimate of drug-likeness (QED) is 0.0817. The fourth-order valence-corrected chi connectivity index (χ4v) is 3.33. The van der Waals surface area contributed by atoms with Crippen LogP contribution in [0.3, 0.4) is 0 Å². The number of Topliss-reactive ketones (excluding diaryl/α,β-unsaturated/α-hetero) is 1. The average molecular weight is 545 g/mol. The lowest BCUT2D eigenvalue weighted by Gasteiger charge is -2.30. The number of nitrogens with zero attached hydrogens (tertiary/aromatic N) is 1. The number of carboxylic acids is 1. The van der Waals surface area contributed by atoms with Crippen LogP contribution in [-0.2, 0) is 19.2 Å². The predicted octanol–water partition coefficient (Wildman–Crippen LogP) is 0.190. The van der Waals surface area contributed by atoms with Crippen molar-refractivity contribution in [3.05, 3.63) is 0 Å². The highest BCUT2D eigenvalue weighted by atomic mass is 19.4. The third-order valence-electron chi connectivity index (χ3n) is 5.11. The molecule has 1 fully saturated rings. The predicted molar refractivity (Wildman–Crippen MR) is 120 cm³/mol. The Morgan fingerprint density at radius 2 is 1.70 bits per heavy atom. The van der Waals surface area contributed by atoms with Crippen LogP contribution in [-0.4, -0.2) is 94.8 Å². The van der Waals surface area contributed by atoms with Gasteiger partial charge >= 0.3 is 18.2 Å². The average Bonchev–Trinajstić information content (AvgIpc) is 3.27. The summed E-state index contributed by atoms with van der Waals surface area (Å²) >= 11 is 0. The zero-order chi connectivity index (χ0) is 28.9. The molecule has 0 aromatic heterocycles. The number of nitrogens with two attached hydrogens (primary N) is 1. The number of halogens is 4. The molecule has 1 rings (SSSR count). The van der Waals surface area contributed by atoms with Gasteiger partial charge in [0.25, 0.3) is 0 Å². The van der Waals surface area contributed by atoms with E-state index in [2.05, 4.69) is 16.0 Å². The number of guanidine groups is 1. The van der Waals surface area contributed by atoms with Gasteiger partial charge in [-0.2, -0.15) is 13.2 Å². The molecule has 37 heavy (non-hydrogen) atoms. The van der Waals surface area contributed by atoms with Crippen LogP contribution in [0.4, 0.5) is 22.4 Å². The molecule has 0 aromatic carbocycles. The summed E-state index contributed by atoms with van der Waals surface area (Å²) in [5.74, 6) is -5.19. The number of hydrogen-bond donors (Lipinski definition) is 7. The lowest BCUT2D eigenvalue weighted by molar-refractivity contribution is -0.192. The van der Waals surface area contributed by atoms with Crippen LogP contribution in [0.15, 0.2) is 0 Å². The van der Waals surface area contributed by atoms with Gasteiger partial charge < -0.3 is 36.8 Å². The van der Waals surface area contributed by atoms with Crippen LogP contribution >= 0.6 is 0 Å². The molecule has 13 nitrogen and oxygen atoms in total. The van der Waals surface area contributed by atoms with Gasteiger partial charge in [0.15, 0.2) is 11.7 Å². The van der Waals surface area contributed by atoms with Crippen molar-refractivity contribution in [3.63, 3.8) is 0 Å². The number of carbonyl (C=O) groups excluding carboxylic acids is 3. The summed E-state index contributed by atoms with van der Waals surface area (Å²) in [5, 5.41) is 30.5. The number of amides is 3. The minimum atomic E-state index is -5.08. The monoisotopic (exact) mass is 544 g/mol. The molecule has 1 heterocycles. The molecule has 0 aliphatic carbocycles. The molecular formula is C20H32F4N6O7. The second-order valence-corrected chi connectivity index (χ2v) is 8.31. The molecule has 17 heteroatoms. The first kappa shape index (κ1) is 33.3. The molecule has 2 unspecified atom stereocenters. The van der Waals surface area contributed by atoms with Gasteiger partial charge in [0.1, 0.15) is 18.8 Å².